The van der Waals surface area contributed by atoms with Gasteiger partial charge in [0.25, 0.3) is 5.56 Å². The van der Waals surface area contributed by atoms with E-state index >= 15 is 0 Å². The van der Waals surface area contributed by atoms with Crippen molar-refractivity contribution in [1.82, 2.24) is 9.55 Å². The lowest BCUT2D eigenvalue weighted by Gasteiger charge is -2.17. The van der Waals surface area contributed by atoms with Crippen LogP contribution in [0.15, 0.2) is 15.8 Å². The minimum absolute atomic E-state index is 0.232. The molecule has 1 aromatic heterocycles. The maximum atomic E-state index is 11.8. The number of hydrogen-bond acceptors (Lipinski definition) is 8. The Hall–Kier alpha value is -1.53. The van der Waals surface area contributed by atoms with Gasteiger partial charge in [-0.2, -0.15) is 0 Å². The molecule has 1 aromatic rings. The van der Waals surface area contributed by atoms with Gasteiger partial charge in [-0.15, -0.1) is 0 Å². The molecule has 0 spiro atoms. The van der Waals surface area contributed by atoms with E-state index in [9.17, 15) is 24.4 Å². The van der Waals surface area contributed by atoms with Crippen LogP contribution in [0.3, 0.4) is 0 Å². The summed E-state index contributed by atoms with van der Waals surface area (Å²) in [5.74, 6) is -0.232. The lowest BCUT2D eigenvalue weighted by molar-refractivity contribution is -0.0545. The molecule has 2 rings (SSSR count). The maximum Gasteiger partial charge on any atom is 0.469 e. The summed E-state index contributed by atoms with van der Waals surface area (Å²) in [7, 11) is -3.60. The summed E-state index contributed by atoms with van der Waals surface area (Å²) in [6.45, 7) is -0.714. The molecule has 4 atom stereocenters. The average molecular weight is 354 g/mol. The first-order chi connectivity index (χ1) is 10.6. The number of H-pyrrole nitrogens is 1. The normalized spacial score (nSPS) is 28.0. The average Bonchev–Trinajstić information content (AvgIpc) is 2.73. The van der Waals surface area contributed by atoms with Crippen LogP contribution in [0.5, 0.6) is 5.75 Å². The number of phosphoric acid groups is 1. The lowest BCUT2D eigenvalue weighted by Crippen LogP contribution is -2.38. The van der Waals surface area contributed by atoms with Crippen LogP contribution >= 0.6 is 7.82 Å². The Balaban J connectivity index is 2.26. The van der Waals surface area contributed by atoms with Crippen molar-refractivity contribution in [2.24, 2.45) is 0 Å². The van der Waals surface area contributed by atoms with Crippen molar-refractivity contribution in [2.75, 3.05) is 13.7 Å². The molecule has 0 saturated carbocycles. The number of hydrogen-bond donors (Lipinski definition) is 5. The van der Waals surface area contributed by atoms with Gasteiger partial charge in [-0.3, -0.25) is 18.9 Å². The zero-order valence-electron chi connectivity index (χ0n) is 11.7. The van der Waals surface area contributed by atoms with Crippen LogP contribution in [-0.4, -0.2) is 61.6 Å². The molecule has 1 aliphatic heterocycles. The summed E-state index contributed by atoms with van der Waals surface area (Å²) in [6, 6.07) is 0. The van der Waals surface area contributed by atoms with Crippen molar-refractivity contribution >= 4 is 7.82 Å². The largest absolute Gasteiger partial charge is 0.490 e. The predicted octanol–water partition coefficient (Wildman–Crippen LogP) is -2.73. The van der Waals surface area contributed by atoms with Crippen molar-refractivity contribution in [3.8, 4) is 5.75 Å². The third-order valence-electron chi connectivity index (χ3n) is 3.17. The molecule has 5 N–H and O–H groups in total. The molecule has 0 aliphatic carbocycles. The Kier molecular flexibility index (Phi) is 5.06. The minimum Gasteiger partial charge on any atom is -0.490 e. The fourth-order valence-corrected chi connectivity index (χ4v) is 2.41. The highest BCUT2D eigenvalue weighted by molar-refractivity contribution is 7.46. The molecular formula is C10H15N2O10P. The molecule has 4 unspecified atom stereocenters. The van der Waals surface area contributed by atoms with Crippen LogP contribution in [0.1, 0.15) is 6.23 Å². The highest BCUT2D eigenvalue weighted by Crippen LogP contribution is 2.38. The number of rotatable bonds is 5. The third kappa shape index (κ3) is 3.87. The number of nitrogens with zero attached hydrogens (tertiary/aromatic N) is 1. The van der Waals surface area contributed by atoms with Gasteiger partial charge in [0.15, 0.2) is 6.23 Å². The summed E-state index contributed by atoms with van der Waals surface area (Å²) in [4.78, 5) is 42.4. The third-order valence-corrected chi connectivity index (χ3v) is 3.66. The molecule has 13 heteroatoms. The van der Waals surface area contributed by atoms with Crippen LogP contribution in [0.4, 0.5) is 0 Å². The highest BCUT2D eigenvalue weighted by Gasteiger charge is 2.45. The molecule has 0 bridgehead atoms. The van der Waals surface area contributed by atoms with Crippen molar-refractivity contribution in [3.05, 3.63) is 27.0 Å². The van der Waals surface area contributed by atoms with E-state index in [4.69, 9.17) is 19.3 Å². The van der Waals surface area contributed by atoms with Crippen molar-refractivity contribution in [3.63, 3.8) is 0 Å². The van der Waals surface area contributed by atoms with Crippen LogP contribution in [0, 0.1) is 0 Å². The minimum atomic E-state index is -4.79. The Bertz CT molecular complexity index is 723. The standard InChI is InChI=1S/C10H15N2O10P/c1-20-4-2-12(10(16)11-8(4)15)9-7(14)6(13)5(22-9)3-21-23(17,18)19/h2,5-7,9,13-14H,3H2,1H3,(H,11,15,16)(H2,17,18,19). The fraction of sp³-hybridized carbons (Fsp3) is 0.600. The van der Waals surface area contributed by atoms with Gasteiger partial charge in [0.1, 0.15) is 18.3 Å². The highest BCUT2D eigenvalue weighted by atomic mass is 31.2. The number of phosphoric ester groups is 1. The SMILES string of the molecule is COc1cn(C2OC(COP(=O)(O)O)C(O)C2O)c(=O)[nH]c1=O. The molecule has 23 heavy (non-hydrogen) atoms. The van der Waals surface area contributed by atoms with Gasteiger partial charge < -0.3 is 29.5 Å². The molecule has 0 radical (unpaired) electrons. The predicted molar refractivity (Wildman–Crippen MR) is 71.8 cm³/mol. The Morgan fingerprint density at radius 3 is 2.57 bits per heavy atom. The van der Waals surface area contributed by atoms with Gasteiger partial charge in [0.05, 0.1) is 19.9 Å². The molecule has 2 heterocycles. The summed E-state index contributed by atoms with van der Waals surface area (Å²) >= 11 is 0. The van der Waals surface area contributed by atoms with Crippen molar-refractivity contribution < 1.29 is 38.6 Å². The second kappa shape index (κ2) is 6.53. The van der Waals surface area contributed by atoms with Crippen LogP contribution < -0.4 is 16.0 Å². The van der Waals surface area contributed by atoms with Crippen LogP contribution in [0.25, 0.3) is 0 Å². The molecule has 1 fully saturated rings. The molecule has 1 aliphatic rings. The summed E-state index contributed by atoms with van der Waals surface area (Å²) < 4.78 is 25.6. The topological polar surface area (TPSA) is 181 Å². The first kappa shape index (κ1) is 17.8. The van der Waals surface area contributed by atoms with E-state index in [-0.39, 0.29) is 5.75 Å². The maximum absolute atomic E-state index is 11.8. The first-order valence-corrected chi connectivity index (χ1v) is 7.78. The Labute approximate surface area is 128 Å². The number of aromatic amines is 1. The zero-order valence-corrected chi connectivity index (χ0v) is 12.6. The number of nitrogens with one attached hydrogen (secondary N) is 1. The van der Waals surface area contributed by atoms with Gasteiger partial charge in [-0.1, -0.05) is 0 Å². The van der Waals surface area contributed by atoms with E-state index in [2.05, 4.69) is 4.52 Å². The molecular weight excluding hydrogens is 339 g/mol. The summed E-state index contributed by atoms with van der Waals surface area (Å²) in [5.41, 5.74) is -1.72. The van der Waals surface area contributed by atoms with Gasteiger partial charge >= 0.3 is 13.5 Å². The van der Waals surface area contributed by atoms with E-state index in [1.54, 1.807) is 0 Å². The molecule has 130 valence electrons. The number of ether oxygens (including phenoxy) is 2. The Morgan fingerprint density at radius 2 is 2.00 bits per heavy atom. The van der Waals surface area contributed by atoms with Gasteiger partial charge in [-0.05, 0) is 0 Å². The van der Waals surface area contributed by atoms with Crippen LogP contribution in [-0.2, 0) is 13.8 Å². The van der Waals surface area contributed by atoms with Crippen molar-refractivity contribution in [2.45, 2.75) is 24.5 Å². The number of aliphatic hydroxyl groups excluding tert-OH is 2. The molecule has 12 nitrogen and oxygen atoms in total. The number of aliphatic hydroxyl groups is 2. The second-order valence-corrected chi connectivity index (χ2v) is 5.94. The summed E-state index contributed by atoms with van der Waals surface area (Å²) in [6.07, 6.45) is -4.90. The smallest absolute Gasteiger partial charge is 0.469 e. The second-order valence-electron chi connectivity index (χ2n) is 4.70. The Morgan fingerprint density at radius 1 is 1.35 bits per heavy atom. The van der Waals surface area contributed by atoms with E-state index < -0.39 is 50.2 Å². The lowest BCUT2D eigenvalue weighted by atomic mass is 10.1. The zero-order chi connectivity index (χ0) is 17.4. The van der Waals surface area contributed by atoms with E-state index in [1.807, 2.05) is 4.98 Å². The molecule has 1 saturated heterocycles. The van der Waals surface area contributed by atoms with Gasteiger partial charge in [-0.25, -0.2) is 9.36 Å². The molecule has 0 amide bonds. The number of methoxy groups -OCH3 is 1. The van der Waals surface area contributed by atoms with Gasteiger partial charge in [0, 0.05) is 0 Å². The fourth-order valence-electron chi connectivity index (χ4n) is 2.07. The quantitative estimate of drug-likeness (QED) is 0.348. The van der Waals surface area contributed by atoms with E-state index in [1.165, 1.54) is 7.11 Å². The first-order valence-electron chi connectivity index (χ1n) is 6.25. The van der Waals surface area contributed by atoms with Crippen molar-refractivity contribution in [1.29, 1.82) is 0 Å². The van der Waals surface area contributed by atoms with E-state index in [0.29, 0.717) is 0 Å². The van der Waals surface area contributed by atoms with E-state index in [0.717, 1.165) is 10.8 Å². The molecule has 0 aromatic carbocycles. The van der Waals surface area contributed by atoms with Gasteiger partial charge in [0.2, 0.25) is 5.75 Å². The summed E-state index contributed by atoms with van der Waals surface area (Å²) in [5, 5.41) is 19.8. The number of aromatic nitrogens is 2. The van der Waals surface area contributed by atoms with Crippen LogP contribution in [0.2, 0.25) is 0 Å². The monoisotopic (exact) mass is 354 g/mol.